The largest absolute Gasteiger partial charge is 0.493 e. The van der Waals surface area contributed by atoms with Gasteiger partial charge in [-0.1, -0.05) is 5.16 Å². The van der Waals surface area contributed by atoms with Gasteiger partial charge in [0.05, 0.1) is 17.7 Å². The van der Waals surface area contributed by atoms with E-state index in [4.69, 9.17) is 21.2 Å². The van der Waals surface area contributed by atoms with E-state index in [-0.39, 0.29) is 11.5 Å². The van der Waals surface area contributed by atoms with Gasteiger partial charge in [0.25, 0.3) is 0 Å². The molecule has 0 amide bonds. The molecule has 1 aromatic rings. The molecule has 0 N–H and O–H groups in total. The van der Waals surface area contributed by atoms with Crippen molar-refractivity contribution in [3.63, 3.8) is 0 Å². The third-order valence-electron chi connectivity index (χ3n) is 3.23. The Morgan fingerprint density at radius 1 is 1.47 bits per heavy atom. The molecular formula is C13H14ClNO2. The van der Waals surface area contributed by atoms with Crippen molar-refractivity contribution in [3.05, 3.63) is 29.3 Å². The Morgan fingerprint density at radius 3 is 3.12 bits per heavy atom. The monoisotopic (exact) mass is 251 g/mol. The molecule has 90 valence electrons. The van der Waals surface area contributed by atoms with E-state index in [9.17, 15) is 0 Å². The number of hydrogen-bond acceptors (Lipinski definition) is 3. The van der Waals surface area contributed by atoms with Crippen molar-refractivity contribution in [1.29, 1.82) is 0 Å². The molecule has 0 bridgehead atoms. The normalized spacial score (nSPS) is 23.6. The Bertz CT molecular complexity index is 470. The summed E-state index contributed by atoms with van der Waals surface area (Å²) < 4.78 is 5.48. The van der Waals surface area contributed by atoms with Crippen LogP contribution in [0.3, 0.4) is 0 Å². The lowest BCUT2D eigenvalue weighted by atomic mass is 10.0. The quantitative estimate of drug-likeness (QED) is 0.757. The van der Waals surface area contributed by atoms with Crippen molar-refractivity contribution in [2.45, 2.75) is 31.2 Å². The maximum atomic E-state index is 6.01. The summed E-state index contributed by atoms with van der Waals surface area (Å²) in [6.45, 7) is 2.71. The second kappa shape index (κ2) is 4.22. The fourth-order valence-electron chi connectivity index (χ4n) is 2.18. The van der Waals surface area contributed by atoms with Gasteiger partial charge in [0.2, 0.25) is 0 Å². The molecule has 0 aliphatic carbocycles. The zero-order chi connectivity index (χ0) is 11.8. The Morgan fingerprint density at radius 2 is 2.35 bits per heavy atom. The Hall–Kier alpha value is -1.22. The maximum Gasteiger partial charge on any atom is 0.149 e. The van der Waals surface area contributed by atoms with Crippen LogP contribution in [-0.4, -0.2) is 23.8 Å². The second-order valence-electron chi connectivity index (χ2n) is 4.48. The summed E-state index contributed by atoms with van der Waals surface area (Å²) in [4.78, 5) is 5.33. The summed E-state index contributed by atoms with van der Waals surface area (Å²) in [6, 6.07) is 6.19. The van der Waals surface area contributed by atoms with Gasteiger partial charge in [0, 0.05) is 12.8 Å². The Kier molecular flexibility index (Phi) is 2.71. The molecule has 4 heteroatoms. The van der Waals surface area contributed by atoms with Crippen molar-refractivity contribution in [3.8, 4) is 5.75 Å². The number of fused-ring (bicyclic) bond motifs is 1. The molecule has 0 saturated heterocycles. The van der Waals surface area contributed by atoms with Crippen LogP contribution in [0.4, 0.5) is 0 Å². The van der Waals surface area contributed by atoms with Gasteiger partial charge >= 0.3 is 0 Å². The summed E-state index contributed by atoms with van der Waals surface area (Å²) in [5.74, 6) is 0.996. The number of oxime groups is 1. The third-order valence-corrected chi connectivity index (χ3v) is 3.51. The minimum atomic E-state index is -0.0194. The second-order valence-corrected chi connectivity index (χ2v) is 5.17. The molecule has 2 aliphatic heterocycles. The molecular weight excluding hydrogens is 238 g/mol. The fourth-order valence-corrected chi connectivity index (χ4v) is 2.31. The highest BCUT2D eigenvalue weighted by Crippen LogP contribution is 2.28. The maximum absolute atomic E-state index is 6.01. The highest BCUT2D eigenvalue weighted by Gasteiger charge is 2.26. The van der Waals surface area contributed by atoms with Crippen LogP contribution < -0.4 is 4.74 Å². The molecule has 2 heterocycles. The van der Waals surface area contributed by atoms with E-state index in [2.05, 4.69) is 11.2 Å². The van der Waals surface area contributed by atoms with Crippen LogP contribution in [0.15, 0.2) is 23.4 Å². The topological polar surface area (TPSA) is 30.8 Å². The van der Waals surface area contributed by atoms with Gasteiger partial charge in [-0.05, 0) is 36.2 Å². The first-order valence-electron chi connectivity index (χ1n) is 5.87. The van der Waals surface area contributed by atoms with E-state index in [0.29, 0.717) is 0 Å². The van der Waals surface area contributed by atoms with Crippen molar-refractivity contribution >= 4 is 17.3 Å². The zero-order valence-electron chi connectivity index (χ0n) is 9.65. The lowest BCUT2D eigenvalue weighted by molar-refractivity contribution is 0.0855. The van der Waals surface area contributed by atoms with Gasteiger partial charge in [0.1, 0.15) is 11.9 Å². The van der Waals surface area contributed by atoms with E-state index < -0.39 is 0 Å². The van der Waals surface area contributed by atoms with Gasteiger partial charge in [-0.15, -0.1) is 11.6 Å². The fraction of sp³-hybridized carbons (Fsp3) is 0.462. The average molecular weight is 252 g/mol. The molecule has 17 heavy (non-hydrogen) atoms. The van der Waals surface area contributed by atoms with Crippen LogP contribution in [0, 0.1) is 0 Å². The van der Waals surface area contributed by atoms with Crippen LogP contribution >= 0.6 is 11.6 Å². The summed E-state index contributed by atoms with van der Waals surface area (Å²) in [7, 11) is 0. The number of ether oxygens (including phenoxy) is 1. The Balaban J connectivity index is 1.82. The van der Waals surface area contributed by atoms with Gasteiger partial charge in [-0.25, -0.2) is 0 Å². The molecule has 0 saturated carbocycles. The molecule has 1 aromatic carbocycles. The Labute approximate surface area is 105 Å². The predicted octanol–water partition coefficient (Wildman–Crippen LogP) is 2.74. The van der Waals surface area contributed by atoms with Gasteiger partial charge in [-0.3, -0.25) is 0 Å². The molecule has 2 unspecified atom stereocenters. The predicted molar refractivity (Wildman–Crippen MR) is 67.0 cm³/mol. The molecule has 3 rings (SSSR count). The van der Waals surface area contributed by atoms with Gasteiger partial charge < -0.3 is 9.57 Å². The van der Waals surface area contributed by atoms with Crippen LogP contribution in [0.1, 0.15) is 24.5 Å². The molecule has 0 radical (unpaired) electrons. The van der Waals surface area contributed by atoms with Crippen molar-refractivity contribution in [1.82, 2.24) is 0 Å². The standard InChI is InChI=1S/C13H14ClNO2/c1-8(14)13-7-11(15-17-13)9-2-3-12-10(6-9)4-5-16-12/h2-3,6,8,13H,4-5,7H2,1H3. The van der Waals surface area contributed by atoms with Crippen LogP contribution in [0.2, 0.25) is 0 Å². The number of rotatable bonds is 2. The van der Waals surface area contributed by atoms with Crippen LogP contribution in [0.25, 0.3) is 0 Å². The first-order valence-corrected chi connectivity index (χ1v) is 6.30. The molecule has 0 spiro atoms. The summed E-state index contributed by atoms with van der Waals surface area (Å²) >= 11 is 6.01. The minimum absolute atomic E-state index is 0.00355. The summed E-state index contributed by atoms with van der Waals surface area (Å²) in [5.41, 5.74) is 3.36. The van der Waals surface area contributed by atoms with E-state index in [1.165, 1.54) is 5.56 Å². The van der Waals surface area contributed by atoms with Crippen LogP contribution in [-0.2, 0) is 11.3 Å². The van der Waals surface area contributed by atoms with Crippen LogP contribution in [0.5, 0.6) is 5.75 Å². The van der Waals surface area contributed by atoms with Crippen molar-refractivity contribution in [2.75, 3.05) is 6.61 Å². The molecule has 2 atom stereocenters. The zero-order valence-corrected chi connectivity index (χ0v) is 10.4. The summed E-state index contributed by atoms with van der Waals surface area (Å²) in [5, 5.41) is 4.11. The van der Waals surface area contributed by atoms with Gasteiger partial charge in [-0.2, -0.15) is 0 Å². The van der Waals surface area contributed by atoms with Crippen molar-refractivity contribution < 1.29 is 9.57 Å². The SMILES string of the molecule is CC(Cl)C1CC(c2ccc3c(c2)CCO3)=NO1. The van der Waals surface area contributed by atoms with E-state index in [1.807, 2.05) is 19.1 Å². The van der Waals surface area contributed by atoms with E-state index >= 15 is 0 Å². The number of halogens is 1. The van der Waals surface area contributed by atoms with Gasteiger partial charge in [0.15, 0.2) is 0 Å². The first kappa shape index (κ1) is 10.9. The molecule has 3 nitrogen and oxygen atoms in total. The molecule has 2 aliphatic rings. The molecule has 0 fully saturated rings. The number of benzene rings is 1. The lowest BCUT2D eigenvalue weighted by Gasteiger charge is -2.09. The summed E-state index contributed by atoms with van der Waals surface area (Å²) in [6.07, 6.45) is 1.76. The minimum Gasteiger partial charge on any atom is -0.493 e. The highest BCUT2D eigenvalue weighted by atomic mass is 35.5. The first-order chi connectivity index (χ1) is 8.24. The van der Waals surface area contributed by atoms with E-state index in [0.717, 1.165) is 36.5 Å². The highest BCUT2D eigenvalue weighted by molar-refractivity contribution is 6.21. The average Bonchev–Trinajstić information content (AvgIpc) is 2.97. The number of alkyl halides is 1. The third kappa shape index (κ3) is 2.00. The number of hydrogen-bond donors (Lipinski definition) is 0. The molecule has 0 aromatic heterocycles. The van der Waals surface area contributed by atoms with E-state index in [1.54, 1.807) is 0 Å². The number of nitrogens with zero attached hydrogens (tertiary/aromatic N) is 1. The van der Waals surface area contributed by atoms with Crippen molar-refractivity contribution in [2.24, 2.45) is 5.16 Å². The lowest BCUT2D eigenvalue weighted by Crippen LogP contribution is -2.18. The smallest absolute Gasteiger partial charge is 0.149 e.